The summed E-state index contributed by atoms with van der Waals surface area (Å²) < 4.78 is 30.3. The molecule has 0 saturated heterocycles. The number of rotatable bonds is 8. The van der Waals surface area contributed by atoms with Crippen molar-refractivity contribution in [2.24, 2.45) is 0 Å². The fraction of sp³-hybridized carbons (Fsp3) is 0.125. The number of nitrogens with one attached hydrogen (secondary N) is 1. The van der Waals surface area contributed by atoms with Crippen molar-refractivity contribution < 1.29 is 23.2 Å². The molecule has 0 spiro atoms. The van der Waals surface area contributed by atoms with Crippen LogP contribution in [0.2, 0.25) is 0 Å². The minimum atomic E-state index is -0.460. The fourth-order valence-electron chi connectivity index (χ4n) is 3.00. The van der Waals surface area contributed by atoms with Crippen molar-refractivity contribution in [3.05, 3.63) is 78.6 Å². The van der Waals surface area contributed by atoms with Crippen LogP contribution in [0, 0.1) is 5.82 Å². The highest BCUT2D eigenvalue weighted by molar-refractivity contribution is 5.92. The normalized spacial score (nSPS) is 10.6. The monoisotopic (exact) mass is 433 g/mol. The lowest BCUT2D eigenvalue weighted by atomic mass is 10.2. The summed E-state index contributed by atoms with van der Waals surface area (Å²) in [4.78, 5) is 16.6. The van der Waals surface area contributed by atoms with Crippen molar-refractivity contribution >= 4 is 11.6 Å². The van der Waals surface area contributed by atoms with Crippen LogP contribution in [0.15, 0.2) is 77.3 Å². The van der Waals surface area contributed by atoms with Crippen LogP contribution in [-0.2, 0) is 4.79 Å². The zero-order chi connectivity index (χ0) is 22.3. The predicted molar refractivity (Wildman–Crippen MR) is 117 cm³/mol. The molecule has 162 valence electrons. The third kappa shape index (κ3) is 4.92. The first kappa shape index (κ1) is 21.0. The molecule has 0 unspecified atom stereocenters. The van der Waals surface area contributed by atoms with E-state index in [0.717, 1.165) is 5.75 Å². The third-order valence-electron chi connectivity index (χ3n) is 4.47. The van der Waals surface area contributed by atoms with Gasteiger partial charge in [0.1, 0.15) is 17.3 Å². The minimum Gasteiger partial charge on any atom is -0.494 e. The van der Waals surface area contributed by atoms with Crippen LogP contribution in [0.25, 0.3) is 22.8 Å². The average molecular weight is 433 g/mol. The largest absolute Gasteiger partial charge is 0.494 e. The second-order valence-electron chi connectivity index (χ2n) is 6.69. The van der Waals surface area contributed by atoms with Gasteiger partial charge in [-0.05, 0) is 55.5 Å². The summed E-state index contributed by atoms with van der Waals surface area (Å²) in [6, 6.07) is 20.2. The Morgan fingerprint density at radius 3 is 2.44 bits per heavy atom. The van der Waals surface area contributed by atoms with Gasteiger partial charge in [-0.3, -0.25) is 4.79 Å². The van der Waals surface area contributed by atoms with Gasteiger partial charge in [0.15, 0.2) is 6.61 Å². The molecule has 0 aliphatic carbocycles. The molecule has 0 atom stereocenters. The molecule has 4 rings (SSSR count). The number of nitrogens with zero attached hydrogens (tertiary/aromatic N) is 2. The van der Waals surface area contributed by atoms with E-state index in [4.69, 9.17) is 14.0 Å². The molecule has 8 heteroatoms. The van der Waals surface area contributed by atoms with Crippen molar-refractivity contribution in [3.8, 4) is 34.3 Å². The van der Waals surface area contributed by atoms with E-state index in [-0.39, 0.29) is 29.8 Å². The van der Waals surface area contributed by atoms with Gasteiger partial charge >= 0.3 is 0 Å². The Morgan fingerprint density at radius 2 is 1.69 bits per heavy atom. The van der Waals surface area contributed by atoms with Gasteiger partial charge in [0.05, 0.1) is 17.7 Å². The molecule has 3 aromatic carbocycles. The van der Waals surface area contributed by atoms with Crippen molar-refractivity contribution in [1.29, 1.82) is 0 Å². The van der Waals surface area contributed by atoms with Crippen LogP contribution in [-0.4, -0.2) is 29.3 Å². The van der Waals surface area contributed by atoms with Gasteiger partial charge < -0.3 is 19.3 Å². The molecule has 1 heterocycles. The topological polar surface area (TPSA) is 86.5 Å². The Morgan fingerprint density at radius 1 is 0.969 bits per heavy atom. The van der Waals surface area contributed by atoms with Gasteiger partial charge in [-0.15, -0.1) is 0 Å². The molecule has 4 aromatic rings. The Bertz CT molecular complexity index is 1210. The van der Waals surface area contributed by atoms with E-state index in [1.807, 2.05) is 6.92 Å². The molecule has 1 amide bonds. The molecule has 0 aliphatic heterocycles. The summed E-state index contributed by atoms with van der Waals surface area (Å²) in [5.74, 6) is 0.620. The predicted octanol–water partition coefficient (Wildman–Crippen LogP) is 4.96. The maximum absolute atomic E-state index is 14.0. The number of halogens is 1. The Labute approximate surface area is 183 Å². The summed E-state index contributed by atoms with van der Waals surface area (Å²) >= 11 is 0. The molecular formula is C24H20FN3O4. The molecule has 0 radical (unpaired) electrons. The number of amides is 1. The van der Waals surface area contributed by atoms with E-state index in [1.165, 1.54) is 6.07 Å². The number of carbonyl (C=O) groups excluding carboxylic acids is 1. The lowest BCUT2D eigenvalue weighted by Gasteiger charge is -2.10. The smallest absolute Gasteiger partial charge is 0.262 e. The Balaban J connectivity index is 1.44. The standard InChI is InChI=1S/C24H20FN3O4/c1-2-30-17-13-11-16(12-14-17)26-22(29)15-31-21-10-6-4-8-19(21)23-27-24(32-28-23)18-7-3-5-9-20(18)25/h3-14H,2,15H2,1H3,(H,26,29). The van der Waals surface area contributed by atoms with Gasteiger partial charge in [0.2, 0.25) is 5.82 Å². The SMILES string of the molecule is CCOc1ccc(NC(=O)COc2ccccc2-c2noc(-c3ccccc3F)n2)cc1. The van der Waals surface area contributed by atoms with Crippen LogP contribution in [0.4, 0.5) is 10.1 Å². The highest BCUT2D eigenvalue weighted by atomic mass is 19.1. The zero-order valence-electron chi connectivity index (χ0n) is 17.2. The number of benzene rings is 3. The van der Waals surface area contributed by atoms with E-state index in [9.17, 15) is 9.18 Å². The summed E-state index contributed by atoms with van der Waals surface area (Å²) in [6.45, 7) is 2.25. The number of para-hydroxylation sites is 1. The summed E-state index contributed by atoms with van der Waals surface area (Å²) in [5.41, 5.74) is 1.36. The van der Waals surface area contributed by atoms with E-state index in [1.54, 1.807) is 66.7 Å². The zero-order valence-corrected chi connectivity index (χ0v) is 17.2. The fourth-order valence-corrected chi connectivity index (χ4v) is 3.00. The highest BCUT2D eigenvalue weighted by Crippen LogP contribution is 2.30. The van der Waals surface area contributed by atoms with Crippen molar-refractivity contribution in [1.82, 2.24) is 10.1 Å². The molecule has 7 nitrogen and oxygen atoms in total. The highest BCUT2D eigenvalue weighted by Gasteiger charge is 2.17. The quantitative estimate of drug-likeness (QED) is 0.423. The van der Waals surface area contributed by atoms with E-state index in [0.29, 0.717) is 23.6 Å². The number of hydrogen-bond acceptors (Lipinski definition) is 6. The van der Waals surface area contributed by atoms with Gasteiger partial charge in [0.25, 0.3) is 11.8 Å². The van der Waals surface area contributed by atoms with Crippen LogP contribution in [0.1, 0.15) is 6.92 Å². The number of aromatic nitrogens is 2. The summed E-state index contributed by atoms with van der Waals surface area (Å²) in [6.07, 6.45) is 0. The first-order valence-corrected chi connectivity index (χ1v) is 9.97. The summed E-state index contributed by atoms with van der Waals surface area (Å²) in [7, 11) is 0. The molecule has 1 aromatic heterocycles. The molecule has 32 heavy (non-hydrogen) atoms. The second kappa shape index (κ2) is 9.74. The number of ether oxygens (including phenoxy) is 2. The van der Waals surface area contributed by atoms with Gasteiger partial charge in [0, 0.05) is 5.69 Å². The van der Waals surface area contributed by atoms with Crippen LogP contribution in [0.5, 0.6) is 11.5 Å². The first-order valence-electron chi connectivity index (χ1n) is 9.97. The maximum atomic E-state index is 14.0. The average Bonchev–Trinajstić information content (AvgIpc) is 3.29. The van der Waals surface area contributed by atoms with Crippen molar-refractivity contribution in [2.45, 2.75) is 6.92 Å². The lowest BCUT2D eigenvalue weighted by molar-refractivity contribution is -0.118. The second-order valence-corrected chi connectivity index (χ2v) is 6.69. The Kier molecular flexibility index (Phi) is 6.41. The molecule has 1 N–H and O–H groups in total. The van der Waals surface area contributed by atoms with Gasteiger partial charge in [-0.1, -0.05) is 29.4 Å². The van der Waals surface area contributed by atoms with Crippen LogP contribution in [0.3, 0.4) is 0 Å². The maximum Gasteiger partial charge on any atom is 0.262 e. The van der Waals surface area contributed by atoms with Crippen molar-refractivity contribution in [2.75, 3.05) is 18.5 Å². The van der Waals surface area contributed by atoms with Crippen molar-refractivity contribution in [3.63, 3.8) is 0 Å². The van der Waals surface area contributed by atoms with Gasteiger partial charge in [-0.2, -0.15) is 4.98 Å². The molecule has 0 fully saturated rings. The van der Waals surface area contributed by atoms with Gasteiger partial charge in [-0.25, -0.2) is 4.39 Å². The number of carbonyl (C=O) groups is 1. The summed E-state index contributed by atoms with van der Waals surface area (Å²) in [5, 5.41) is 6.70. The number of hydrogen-bond donors (Lipinski definition) is 1. The molecular weight excluding hydrogens is 413 g/mol. The molecule has 0 bridgehead atoms. The van der Waals surface area contributed by atoms with E-state index < -0.39 is 5.82 Å². The van der Waals surface area contributed by atoms with E-state index in [2.05, 4.69) is 15.5 Å². The lowest BCUT2D eigenvalue weighted by Crippen LogP contribution is -2.20. The van der Waals surface area contributed by atoms with Crippen LogP contribution < -0.4 is 14.8 Å². The van der Waals surface area contributed by atoms with Crippen LogP contribution >= 0.6 is 0 Å². The van der Waals surface area contributed by atoms with E-state index >= 15 is 0 Å². The third-order valence-corrected chi connectivity index (χ3v) is 4.47. The molecule has 0 aliphatic rings. The number of anilines is 1. The Hall–Kier alpha value is -4.20. The first-order chi connectivity index (χ1) is 15.6. The molecule has 0 saturated carbocycles. The minimum absolute atomic E-state index is 0.0566.